The van der Waals surface area contributed by atoms with E-state index in [1.165, 1.54) is 37.7 Å². The molecule has 0 aliphatic heterocycles. The zero-order valence-electron chi connectivity index (χ0n) is 14.2. The minimum absolute atomic E-state index is 0.468. The number of hydrogen-bond acceptors (Lipinski definition) is 2. The van der Waals surface area contributed by atoms with Gasteiger partial charge in [-0.2, -0.15) is 0 Å². The van der Waals surface area contributed by atoms with E-state index < -0.39 is 0 Å². The molecule has 4 rings (SSSR count). The fourth-order valence-corrected chi connectivity index (χ4v) is 4.16. The lowest BCUT2D eigenvalue weighted by atomic mass is 9.95. The molecule has 130 valence electrons. The standard InChI is InChI=1S/C20H21Cl2N3/c1-13-6-5-7-14(10-13)18-20(23-16-8-3-2-4-9-16)25-12-15(21)11-17(22)19(25)24-18/h5-7,10-12,16,23H,2-4,8-9H2,1H3. The minimum atomic E-state index is 0.468. The van der Waals surface area contributed by atoms with E-state index in [0.29, 0.717) is 16.1 Å². The third kappa shape index (κ3) is 3.36. The molecule has 2 aromatic heterocycles. The van der Waals surface area contributed by atoms with Crippen molar-refractivity contribution >= 4 is 34.7 Å². The van der Waals surface area contributed by atoms with Gasteiger partial charge in [0, 0.05) is 17.8 Å². The number of aromatic nitrogens is 2. The van der Waals surface area contributed by atoms with Crippen LogP contribution in [0.1, 0.15) is 37.7 Å². The molecule has 0 amide bonds. The van der Waals surface area contributed by atoms with Gasteiger partial charge in [0.25, 0.3) is 0 Å². The highest BCUT2D eigenvalue weighted by molar-refractivity contribution is 6.36. The molecular formula is C20H21Cl2N3. The van der Waals surface area contributed by atoms with Gasteiger partial charge in [-0.1, -0.05) is 66.2 Å². The first kappa shape index (κ1) is 16.7. The van der Waals surface area contributed by atoms with Crippen LogP contribution in [-0.2, 0) is 0 Å². The number of benzene rings is 1. The Morgan fingerprint density at radius 2 is 1.92 bits per heavy atom. The van der Waals surface area contributed by atoms with Crippen molar-refractivity contribution in [1.82, 2.24) is 9.38 Å². The first-order valence-electron chi connectivity index (χ1n) is 8.82. The van der Waals surface area contributed by atoms with Crippen LogP contribution in [0.2, 0.25) is 10.0 Å². The van der Waals surface area contributed by atoms with Gasteiger partial charge in [-0.3, -0.25) is 4.40 Å². The Bertz CT molecular complexity index is 911. The molecule has 3 nitrogen and oxygen atoms in total. The summed E-state index contributed by atoms with van der Waals surface area (Å²) in [4.78, 5) is 4.84. The zero-order valence-corrected chi connectivity index (χ0v) is 15.7. The maximum absolute atomic E-state index is 6.41. The molecule has 1 N–H and O–H groups in total. The lowest BCUT2D eigenvalue weighted by molar-refractivity contribution is 0.462. The Balaban J connectivity index is 1.88. The van der Waals surface area contributed by atoms with E-state index in [4.69, 9.17) is 28.2 Å². The van der Waals surface area contributed by atoms with E-state index >= 15 is 0 Å². The molecule has 1 aliphatic carbocycles. The van der Waals surface area contributed by atoms with E-state index in [1.807, 2.05) is 10.6 Å². The summed E-state index contributed by atoms with van der Waals surface area (Å²) in [5, 5.41) is 4.90. The number of imidazole rings is 1. The molecule has 1 saturated carbocycles. The van der Waals surface area contributed by atoms with Gasteiger partial charge in [-0.25, -0.2) is 4.98 Å². The second-order valence-electron chi connectivity index (χ2n) is 6.86. The third-order valence-corrected chi connectivity index (χ3v) is 5.36. The van der Waals surface area contributed by atoms with Crippen LogP contribution in [0, 0.1) is 6.92 Å². The van der Waals surface area contributed by atoms with E-state index in [1.54, 1.807) is 6.07 Å². The molecule has 0 unspecified atom stereocenters. The molecule has 1 aliphatic rings. The number of nitrogens with zero attached hydrogens (tertiary/aromatic N) is 2. The molecule has 1 aromatic carbocycles. The van der Waals surface area contributed by atoms with Crippen LogP contribution in [0.3, 0.4) is 0 Å². The molecule has 3 aromatic rings. The summed E-state index contributed by atoms with van der Waals surface area (Å²) >= 11 is 12.7. The average molecular weight is 374 g/mol. The fraction of sp³-hybridized carbons (Fsp3) is 0.350. The summed E-state index contributed by atoms with van der Waals surface area (Å²) in [6.07, 6.45) is 8.14. The number of aryl methyl sites for hydroxylation is 1. The minimum Gasteiger partial charge on any atom is -0.367 e. The first-order valence-corrected chi connectivity index (χ1v) is 9.58. The van der Waals surface area contributed by atoms with Gasteiger partial charge >= 0.3 is 0 Å². The van der Waals surface area contributed by atoms with Gasteiger partial charge in [-0.05, 0) is 31.9 Å². The van der Waals surface area contributed by atoms with Crippen molar-refractivity contribution in [2.24, 2.45) is 0 Å². The number of rotatable bonds is 3. The number of nitrogens with one attached hydrogen (secondary N) is 1. The van der Waals surface area contributed by atoms with Crippen molar-refractivity contribution in [3.63, 3.8) is 0 Å². The number of halogens is 2. The average Bonchev–Trinajstić information content (AvgIpc) is 2.95. The van der Waals surface area contributed by atoms with Crippen molar-refractivity contribution < 1.29 is 0 Å². The number of fused-ring (bicyclic) bond motifs is 1. The predicted octanol–water partition coefficient (Wildman–Crippen LogP) is 6.36. The molecule has 2 heterocycles. The van der Waals surface area contributed by atoms with Crippen LogP contribution in [0.15, 0.2) is 36.5 Å². The van der Waals surface area contributed by atoms with E-state index in [2.05, 4.69) is 36.5 Å². The zero-order chi connectivity index (χ0) is 17.4. The van der Waals surface area contributed by atoms with Crippen molar-refractivity contribution in [1.29, 1.82) is 0 Å². The van der Waals surface area contributed by atoms with Gasteiger partial charge < -0.3 is 5.32 Å². The molecule has 0 spiro atoms. The Labute approximate surface area is 158 Å². The Morgan fingerprint density at radius 1 is 1.12 bits per heavy atom. The number of pyridine rings is 1. The quantitative estimate of drug-likeness (QED) is 0.578. The smallest absolute Gasteiger partial charge is 0.158 e. The fourth-order valence-electron chi connectivity index (χ4n) is 3.64. The molecule has 0 bridgehead atoms. The van der Waals surface area contributed by atoms with E-state index in [9.17, 15) is 0 Å². The molecule has 0 saturated heterocycles. The monoisotopic (exact) mass is 373 g/mol. The largest absolute Gasteiger partial charge is 0.367 e. The van der Waals surface area contributed by atoms with Gasteiger partial charge in [0.1, 0.15) is 11.5 Å². The van der Waals surface area contributed by atoms with Crippen molar-refractivity contribution in [2.75, 3.05) is 5.32 Å². The van der Waals surface area contributed by atoms with Gasteiger partial charge in [0.2, 0.25) is 0 Å². The second kappa shape index (κ2) is 6.89. The van der Waals surface area contributed by atoms with Crippen molar-refractivity contribution in [2.45, 2.75) is 45.1 Å². The lowest BCUT2D eigenvalue weighted by Crippen LogP contribution is -2.23. The Hall–Kier alpha value is -1.71. The predicted molar refractivity (Wildman–Crippen MR) is 106 cm³/mol. The van der Waals surface area contributed by atoms with Crippen LogP contribution in [0.4, 0.5) is 5.82 Å². The Morgan fingerprint density at radius 3 is 2.68 bits per heavy atom. The van der Waals surface area contributed by atoms with Gasteiger partial charge in [0.15, 0.2) is 5.65 Å². The maximum Gasteiger partial charge on any atom is 0.158 e. The van der Waals surface area contributed by atoms with E-state index in [0.717, 1.165) is 22.7 Å². The van der Waals surface area contributed by atoms with Crippen LogP contribution < -0.4 is 5.32 Å². The Kier molecular flexibility index (Phi) is 4.61. The van der Waals surface area contributed by atoms with Crippen LogP contribution in [-0.4, -0.2) is 15.4 Å². The molecule has 25 heavy (non-hydrogen) atoms. The van der Waals surface area contributed by atoms with Crippen LogP contribution >= 0.6 is 23.2 Å². The highest BCUT2D eigenvalue weighted by Crippen LogP contribution is 2.35. The number of anilines is 1. The van der Waals surface area contributed by atoms with Gasteiger partial charge in [-0.15, -0.1) is 0 Å². The summed E-state index contributed by atoms with van der Waals surface area (Å²) in [7, 11) is 0. The molecule has 0 radical (unpaired) electrons. The van der Waals surface area contributed by atoms with Crippen molar-refractivity contribution in [3.8, 4) is 11.3 Å². The molecule has 1 fully saturated rings. The third-order valence-electron chi connectivity index (χ3n) is 4.88. The van der Waals surface area contributed by atoms with Crippen LogP contribution in [0.25, 0.3) is 16.9 Å². The summed E-state index contributed by atoms with van der Waals surface area (Å²) in [6, 6.07) is 10.6. The van der Waals surface area contributed by atoms with Crippen molar-refractivity contribution in [3.05, 3.63) is 52.1 Å². The SMILES string of the molecule is Cc1cccc(-c2nc3c(Cl)cc(Cl)cn3c2NC2CCCCC2)c1. The van der Waals surface area contributed by atoms with E-state index in [-0.39, 0.29) is 0 Å². The normalized spacial score (nSPS) is 15.6. The molecule has 0 atom stereocenters. The summed E-state index contributed by atoms with van der Waals surface area (Å²) in [5.41, 5.74) is 3.97. The highest BCUT2D eigenvalue weighted by atomic mass is 35.5. The van der Waals surface area contributed by atoms with Crippen LogP contribution in [0.5, 0.6) is 0 Å². The summed E-state index contributed by atoms with van der Waals surface area (Å²) < 4.78 is 2.00. The topological polar surface area (TPSA) is 29.3 Å². The lowest BCUT2D eigenvalue weighted by Gasteiger charge is -2.24. The maximum atomic E-state index is 6.41. The first-order chi connectivity index (χ1) is 12.1. The molecular weight excluding hydrogens is 353 g/mol. The summed E-state index contributed by atoms with van der Waals surface area (Å²) in [5.74, 6) is 0.983. The second-order valence-corrected chi connectivity index (χ2v) is 7.70. The van der Waals surface area contributed by atoms with Gasteiger partial charge in [0.05, 0.1) is 10.0 Å². The highest BCUT2D eigenvalue weighted by Gasteiger charge is 2.21. The summed E-state index contributed by atoms with van der Waals surface area (Å²) in [6.45, 7) is 2.09. The molecule has 5 heteroatoms. The number of hydrogen-bond donors (Lipinski definition) is 1.